The van der Waals surface area contributed by atoms with Gasteiger partial charge >= 0.3 is 23.1 Å². The number of phenols is 1. The Morgan fingerprint density at radius 2 is 1.22 bits per heavy atom. The number of para-hydroxylation sites is 1. The van der Waals surface area contributed by atoms with Crippen LogP contribution in [0.1, 0.15) is 2.85 Å². The first-order valence-electron chi connectivity index (χ1n) is 4.58. The number of hydrogen-bond acceptors (Lipinski definition) is 4. The molecular formula is C12H13MgO3SZn-. The van der Waals surface area contributed by atoms with Crippen LogP contribution in [0.15, 0.2) is 65.6 Å². The summed E-state index contributed by atoms with van der Waals surface area (Å²) in [6.07, 6.45) is 0. The van der Waals surface area contributed by atoms with E-state index < -0.39 is 10.7 Å². The summed E-state index contributed by atoms with van der Waals surface area (Å²) in [6.45, 7) is 0. The molecule has 0 atom stereocenters. The van der Waals surface area contributed by atoms with E-state index in [1.54, 1.807) is 54.6 Å². The van der Waals surface area contributed by atoms with Crippen molar-refractivity contribution in [3.8, 4) is 5.75 Å². The second-order valence-electron chi connectivity index (χ2n) is 2.88. The standard InChI is InChI=1S/C6H5O2S.C6H6O.Mg.Zn.2H/c7-9(8)6-4-2-1-3-5-6;7-6-4-2-1-3-5-6;;;;/h1-5H;1-5,7H;;;;/q-1;;+2;;2*-1. The fourth-order valence-corrected chi connectivity index (χ4v) is 1.34. The van der Waals surface area contributed by atoms with Crippen molar-refractivity contribution < 1.29 is 35.9 Å². The van der Waals surface area contributed by atoms with Crippen LogP contribution in [0.4, 0.5) is 0 Å². The van der Waals surface area contributed by atoms with E-state index in [9.17, 15) is 8.42 Å². The minimum absolute atomic E-state index is 0. The third-order valence-electron chi connectivity index (χ3n) is 1.69. The van der Waals surface area contributed by atoms with Gasteiger partial charge in [-0.3, -0.25) is 0 Å². The van der Waals surface area contributed by atoms with Gasteiger partial charge in [0.15, 0.2) is 0 Å². The van der Waals surface area contributed by atoms with Crippen LogP contribution in [0.2, 0.25) is 0 Å². The average Bonchev–Trinajstić information content (AvgIpc) is 2.32. The molecule has 90 valence electrons. The van der Waals surface area contributed by atoms with E-state index in [4.69, 9.17) is 5.11 Å². The van der Waals surface area contributed by atoms with Crippen molar-refractivity contribution in [1.82, 2.24) is 0 Å². The van der Waals surface area contributed by atoms with E-state index in [1.807, 2.05) is 6.07 Å². The van der Waals surface area contributed by atoms with E-state index in [2.05, 4.69) is 0 Å². The van der Waals surface area contributed by atoms with Gasteiger partial charge < -0.3 is 16.4 Å². The number of hydrogen-bond donors (Lipinski definition) is 1. The van der Waals surface area contributed by atoms with Gasteiger partial charge in [0.05, 0.1) is 0 Å². The van der Waals surface area contributed by atoms with Crippen LogP contribution in [0.3, 0.4) is 0 Å². The average molecular weight is 327 g/mol. The first-order valence-corrected chi connectivity index (χ1v) is 5.66. The van der Waals surface area contributed by atoms with E-state index in [0.717, 1.165) is 0 Å². The van der Waals surface area contributed by atoms with Gasteiger partial charge in [-0.05, 0) is 22.8 Å². The number of aromatic hydroxyl groups is 1. The first kappa shape index (κ1) is 19.9. The summed E-state index contributed by atoms with van der Waals surface area (Å²) < 4.78 is 20.4. The maximum atomic E-state index is 10.2. The van der Waals surface area contributed by atoms with Crippen molar-refractivity contribution in [2.45, 2.75) is 4.90 Å². The molecule has 2 aromatic carbocycles. The molecule has 0 amide bonds. The number of rotatable bonds is 1. The molecule has 1 N–H and O–H groups in total. The van der Waals surface area contributed by atoms with Crippen molar-refractivity contribution in [3.63, 3.8) is 0 Å². The second-order valence-corrected chi connectivity index (χ2v) is 3.82. The van der Waals surface area contributed by atoms with Crippen molar-refractivity contribution in [2.24, 2.45) is 0 Å². The smallest absolute Gasteiger partial charge is 1.00 e. The summed E-state index contributed by atoms with van der Waals surface area (Å²) in [5.74, 6) is 0.322. The third kappa shape index (κ3) is 8.64. The SMILES string of the molecule is O=[S-](=O)c1ccccc1.Oc1ccccc1.[H-].[H-].[Mg+2].[Zn]. The van der Waals surface area contributed by atoms with E-state index in [1.165, 1.54) is 0 Å². The van der Waals surface area contributed by atoms with Gasteiger partial charge in [0.2, 0.25) is 0 Å². The maximum Gasteiger partial charge on any atom is 2.00 e. The van der Waals surface area contributed by atoms with Crippen LogP contribution in [-0.4, -0.2) is 28.2 Å². The number of benzene rings is 2. The van der Waals surface area contributed by atoms with E-state index in [-0.39, 0.29) is 45.4 Å². The van der Waals surface area contributed by atoms with E-state index >= 15 is 0 Å². The zero-order valence-corrected chi connectivity index (χ0v) is 15.1. The molecule has 0 aliphatic carbocycles. The topological polar surface area (TPSA) is 54.4 Å². The monoisotopic (exact) mass is 325 g/mol. The predicted octanol–water partition coefficient (Wildman–Crippen LogP) is 2.59. The molecule has 2 aromatic rings. The molecule has 3 nitrogen and oxygen atoms in total. The second kappa shape index (κ2) is 11.7. The van der Waals surface area contributed by atoms with Crippen LogP contribution in [-0.2, 0) is 38.6 Å². The fourth-order valence-electron chi connectivity index (χ4n) is 0.960. The quantitative estimate of drug-likeness (QED) is 0.647. The van der Waals surface area contributed by atoms with Gasteiger partial charge in [-0.25, -0.2) is 0 Å². The van der Waals surface area contributed by atoms with Gasteiger partial charge in [-0.2, -0.15) is 0 Å². The van der Waals surface area contributed by atoms with Crippen LogP contribution < -0.4 is 0 Å². The van der Waals surface area contributed by atoms with Crippen molar-refractivity contribution in [1.29, 1.82) is 0 Å². The van der Waals surface area contributed by atoms with Crippen molar-refractivity contribution >= 4 is 33.8 Å². The third-order valence-corrected chi connectivity index (χ3v) is 2.35. The summed E-state index contributed by atoms with van der Waals surface area (Å²) in [5, 5.41) is 8.63. The van der Waals surface area contributed by atoms with Gasteiger partial charge in [0.1, 0.15) is 5.75 Å². The zero-order valence-electron chi connectivity index (χ0n) is 11.9. The molecule has 0 heterocycles. The minimum atomic E-state index is -2.08. The Morgan fingerprint density at radius 3 is 1.44 bits per heavy atom. The Bertz CT molecular complexity index is 491. The molecule has 0 aliphatic heterocycles. The van der Waals surface area contributed by atoms with Gasteiger partial charge in [-0.15, -0.1) is 0 Å². The molecule has 0 aliphatic rings. The fraction of sp³-hybridized carbons (Fsp3) is 0. The molecule has 0 saturated carbocycles. The largest absolute Gasteiger partial charge is 2.00 e. The Kier molecular flexibility index (Phi) is 12.9. The molecule has 0 radical (unpaired) electrons. The minimum Gasteiger partial charge on any atom is -1.00 e. The molecule has 18 heavy (non-hydrogen) atoms. The Balaban J connectivity index is -0.000000109. The first-order chi connectivity index (χ1) is 7.70. The molecule has 0 fully saturated rings. The van der Waals surface area contributed by atoms with Crippen LogP contribution in [0, 0.1) is 0 Å². The summed E-state index contributed by atoms with van der Waals surface area (Å²) in [7, 11) is -2.08. The van der Waals surface area contributed by atoms with Crippen molar-refractivity contribution in [3.05, 3.63) is 60.7 Å². The molecule has 0 spiro atoms. The molecular weight excluding hydrogens is 314 g/mol. The molecule has 0 saturated heterocycles. The zero-order chi connectivity index (χ0) is 11.8. The van der Waals surface area contributed by atoms with Gasteiger partial charge in [-0.1, -0.05) is 53.4 Å². The van der Waals surface area contributed by atoms with E-state index in [0.29, 0.717) is 10.6 Å². The van der Waals surface area contributed by atoms with Crippen LogP contribution in [0.25, 0.3) is 0 Å². The van der Waals surface area contributed by atoms with Crippen molar-refractivity contribution in [2.75, 3.05) is 0 Å². The molecule has 6 heteroatoms. The molecule has 0 bridgehead atoms. The summed E-state index contributed by atoms with van der Waals surface area (Å²) in [4.78, 5) is 0.331. The Labute approximate surface area is 140 Å². The molecule has 2 rings (SSSR count). The van der Waals surface area contributed by atoms with Gasteiger partial charge in [0.25, 0.3) is 0 Å². The predicted molar refractivity (Wildman–Crippen MR) is 69.5 cm³/mol. The summed E-state index contributed by atoms with van der Waals surface area (Å²) in [6, 6.07) is 16.9. The maximum absolute atomic E-state index is 10.2. The van der Waals surface area contributed by atoms with Crippen LogP contribution >= 0.6 is 0 Å². The summed E-state index contributed by atoms with van der Waals surface area (Å²) >= 11 is 0. The summed E-state index contributed by atoms with van der Waals surface area (Å²) in [5.41, 5.74) is 0. The van der Waals surface area contributed by atoms with Gasteiger partial charge in [0, 0.05) is 19.5 Å². The molecule has 0 unspecified atom stereocenters. The number of phenolic OH excluding ortho intramolecular Hbond substituents is 1. The van der Waals surface area contributed by atoms with Crippen LogP contribution in [0.5, 0.6) is 5.75 Å². The molecule has 0 aromatic heterocycles. The Hall–Kier alpha value is -0.420. The normalized spacial score (nSPS) is 8.28. The Morgan fingerprint density at radius 1 is 0.833 bits per heavy atom.